The van der Waals surface area contributed by atoms with Gasteiger partial charge in [0.05, 0.1) is 0 Å². The molecule has 1 aromatic rings. The van der Waals surface area contributed by atoms with Crippen LogP contribution in [0.25, 0.3) is 0 Å². The van der Waals surface area contributed by atoms with Gasteiger partial charge in [0.1, 0.15) is 17.6 Å². The van der Waals surface area contributed by atoms with E-state index in [0.717, 1.165) is 18.8 Å². The van der Waals surface area contributed by atoms with Crippen LogP contribution in [0.2, 0.25) is 0 Å². The fraction of sp³-hybridized carbons (Fsp3) is 0.400. The van der Waals surface area contributed by atoms with Crippen LogP contribution in [0.5, 0.6) is 11.5 Å². The zero-order chi connectivity index (χ0) is 9.26. The van der Waals surface area contributed by atoms with E-state index in [-0.39, 0.29) is 11.9 Å². The van der Waals surface area contributed by atoms with Gasteiger partial charge in [-0.15, -0.1) is 0 Å². The van der Waals surface area contributed by atoms with Gasteiger partial charge in [0.25, 0.3) is 0 Å². The van der Waals surface area contributed by atoms with E-state index in [1.165, 1.54) is 0 Å². The molecule has 0 saturated carbocycles. The van der Waals surface area contributed by atoms with Crippen molar-refractivity contribution in [3.05, 3.63) is 24.3 Å². The Balaban J connectivity index is 1.94. The molecule has 0 spiro atoms. The molecule has 0 amide bonds. The lowest BCUT2D eigenvalue weighted by atomic mass is 10.2. The van der Waals surface area contributed by atoms with Crippen molar-refractivity contribution in [2.24, 2.45) is 0 Å². The van der Waals surface area contributed by atoms with Crippen LogP contribution in [0, 0.1) is 0 Å². The first-order valence-electron chi connectivity index (χ1n) is 4.38. The lowest BCUT2D eigenvalue weighted by Gasteiger charge is -2.35. The molecule has 1 N–H and O–H groups in total. The molecular weight excluding hydrogens is 166 g/mol. The maximum absolute atomic E-state index is 9.18. The molecule has 0 aromatic heterocycles. The lowest BCUT2D eigenvalue weighted by Crippen LogP contribution is -2.51. The molecule has 1 aliphatic rings. The number of benzene rings is 1. The number of aromatic hydroxyl groups is 1. The first kappa shape index (κ1) is 8.38. The minimum absolute atomic E-state index is 0.255. The van der Waals surface area contributed by atoms with E-state index in [0.29, 0.717) is 0 Å². The third-order valence-corrected chi connectivity index (χ3v) is 2.15. The van der Waals surface area contributed by atoms with Gasteiger partial charge in [-0.1, -0.05) is 6.07 Å². The van der Waals surface area contributed by atoms with Gasteiger partial charge >= 0.3 is 0 Å². The molecule has 1 heterocycles. The molecule has 0 bridgehead atoms. The van der Waals surface area contributed by atoms with E-state index in [2.05, 4.69) is 11.9 Å². The minimum atomic E-state index is 0.255. The van der Waals surface area contributed by atoms with Crippen molar-refractivity contribution < 1.29 is 9.84 Å². The Kier molecular flexibility index (Phi) is 2.10. The number of hydrogen-bond donors (Lipinski definition) is 1. The molecule has 3 heteroatoms. The number of likely N-dealkylation sites (tertiary alicyclic amines) is 1. The number of phenols is 1. The molecule has 3 nitrogen and oxygen atoms in total. The van der Waals surface area contributed by atoms with Crippen LogP contribution in [0.4, 0.5) is 0 Å². The van der Waals surface area contributed by atoms with Crippen LogP contribution in [0.15, 0.2) is 24.3 Å². The van der Waals surface area contributed by atoms with E-state index >= 15 is 0 Å². The molecular formula is C10H13NO2. The zero-order valence-electron chi connectivity index (χ0n) is 7.60. The number of rotatable bonds is 2. The normalized spacial score (nSPS) is 18.2. The minimum Gasteiger partial charge on any atom is -0.508 e. The standard InChI is InChI=1S/C10H13NO2/c1-11-6-10(7-11)13-9-4-2-3-8(12)5-9/h2-5,10,12H,6-7H2,1H3. The summed E-state index contributed by atoms with van der Waals surface area (Å²) in [5.41, 5.74) is 0. The fourth-order valence-electron chi connectivity index (χ4n) is 1.47. The molecule has 1 fully saturated rings. The third kappa shape index (κ3) is 1.92. The Labute approximate surface area is 77.6 Å². The van der Waals surface area contributed by atoms with E-state index in [9.17, 15) is 5.11 Å². The molecule has 70 valence electrons. The van der Waals surface area contributed by atoms with E-state index in [4.69, 9.17) is 4.74 Å². The lowest BCUT2D eigenvalue weighted by molar-refractivity contribution is 0.0387. The Hall–Kier alpha value is -1.22. The van der Waals surface area contributed by atoms with Crippen LogP contribution >= 0.6 is 0 Å². The Morgan fingerprint density at radius 2 is 2.23 bits per heavy atom. The summed E-state index contributed by atoms with van der Waals surface area (Å²) in [4.78, 5) is 2.19. The number of ether oxygens (including phenoxy) is 1. The predicted molar refractivity (Wildman–Crippen MR) is 50.0 cm³/mol. The number of nitrogens with zero attached hydrogens (tertiary/aromatic N) is 1. The summed E-state index contributed by atoms with van der Waals surface area (Å²) in [7, 11) is 2.06. The van der Waals surface area contributed by atoms with Gasteiger partial charge in [0.15, 0.2) is 0 Å². The summed E-state index contributed by atoms with van der Waals surface area (Å²) < 4.78 is 5.60. The topological polar surface area (TPSA) is 32.7 Å². The molecule has 2 rings (SSSR count). The van der Waals surface area contributed by atoms with Crippen molar-refractivity contribution in [3.63, 3.8) is 0 Å². The fourth-order valence-corrected chi connectivity index (χ4v) is 1.47. The highest BCUT2D eigenvalue weighted by atomic mass is 16.5. The number of likely N-dealkylation sites (N-methyl/N-ethyl adjacent to an activating group) is 1. The van der Waals surface area contributed by atoms with Crippen molar-refractivity contribution in [2.75, 3.05) is 20.1 Å². The van der Waals surface area contributed by atoms with Gasteiger partial charge in [-0.3, -0.25) is 4.90 Å². The van der Waals surface area contributed by atoms with Crippen LogP contribution in [0.1, 0.15) is 0 Å². The second kappa shape index (κ2) is 3.26. The summed E-state index contributed by atoms with van der Waals surface area (Å²) in [5.74, 6) is 1.00. The summed E-state index contributed by atoms with van der Waals surface area (Å²) >= 11 is 0. The molecule has 0 unspecified atom stereocenters. The highest BCUT2D eigenvalue weighted by molar-refractivity contribution is 5.32. The highest BCUT2D eigenvalue weighted by Gasteiger charge is 2.24. The van der Waals surface area contributed by atoms with Gasteiger partial charge in [-0.25, -0.2) is 0 Å². The number of phenolic OH excluding ortho intramolecular Hbond substituents is 1. The molecule has 0 aliphatic carbocycles. The maximum atomic E-state index is 9.18. The van der Waals surface area contributed by atoms with Crippen LogP contribution < -0.4 is 4.74 Å². The Bertz CT molecular complexity index is 295. The Morgan fingerprint density at radius 1 is 1.46 bits per heavy atom. The molecule has 13 heavy (non-hydrogen) atoms. The van der Waals surface area contributed by atoms with Gasteiger partial charge in [0, 0.05) is 19.2 Å². The quantitative estimate of drug-likeness (QED) is 0.737. The van der Waals surface area contributed by atoms with Crippen LogP contribution in [-0.4, -0.2) is 36.2 Å². The first-order valence-corrected chi connectivity index (χ1v) is 4.38. The van der Waals surface area contributed by atoms with Gasteiger partial charge < -0.3 is 9.84 Å². The van der Waals surface area contributed by atoms with Gasteiger partial charge in [0.2, 0.25) is 0 Å². The Morgan fingerprint density at radius 3 is 2.85 bits per heavy atom. The maximum Gasteiger partial charge on any atom is 0.124 e. The predicted octanol–water partition coefficient (Wildman–Crippen LogP) is 1.08. The van der Waals surface area contributed by atoms with Crippen molar-refractivity contribution in [2.45, 2.75) is 6.10 Å². The largest absolute Gasteiger partial charge is 0.508 e. The molecule has 0 radical (unpaired) electrons. The van der Waals surface area contributed by atoms with Gasteiger partial charge in [-0.2, -0.15) is 0 Å². The molecule has 0 atom stereocenters. The summed E-state index contributed by atoms with van der Waals surface area (Å²) in [6.45, 7) is 1.94. The van der Waals surface area contributed by atoms with Crippen LogP contribution in [0.3, 0.4) is 0 Å². The molecule has 1 aromatic carbocycles. The second-order valence-corrected chi connectivity index (χ2v) is 3.46. The summed E-state index contributed by atoms with van der Waals surface area (Å²) in [6.07, 6.45) is 0.284. The second-order valence-electron chi connectivity index (χ2n) is 3.46. The number of hydrogen-bond acceptors (Lipinski definition) is 3. The third-order valence-electron chi connectivity index (χ3n) is 2.15. The van der Waals surface area contributed by atoms with Crippen LogP contribution in [-0.2, 0) is 0 Å². The van der Waals surface area contributed by atoms with Crippen molar-refractivity contribution in [1.82, 2.24) is 4.90 Å². The summed E-state index contributed by atoms with van der Waals surface area (Å²) in [5, 5.41) is 9.18. The molecule has 1 aliphatic heterocycles. The average Bonchev–Trinajstić information content (AvgIpc) is 2.01. The van der Waals surface area contributed by atoms with Crippen molar-refractivity contribution in [3.8, 4) is 11.5 Å². The molecule has 1 saturated heterocycles. The van der Waals surface area contributed by atoms with Gasteiger partial charge in [-0.05, 0) is 19.2 Å². The average molecular weight is 179 g/mol. The van der Waals surface area contributed by atoms with E-state index < -0.39 is 0 Å². The van der Waals surface area contributed by atoms with E-state index in [1.54, 1.807) is 18.2 Å². The highest BCUT2D eigenvalue weighted by Crippen LogP contribution is 2.21. The smallest absolute Gasteiger partial charge is 0.124 e. The SMILES string of the molecule is CN1CC(Oc2cccc(O)c2)C1. The monoisotopic (exact) mass is 179 g/mol. The zero-order valence-corrected chi connectivity index (χ0v) is 7.60. The van der Waals surface area contributed by atoms with Crippen molar-refractivity contribution >= 4 is 0 Å². The first-order chi connectivity index (χ1) is 6.24. The van der Waals surface area contributed by atoms with Crippen molar-refractivity contribution in [1.29, 1.82) is 0 Å². The van der Waals surface area contributed by atoms with E-state index in [1.807, 2.05) is 6.07 Å². The summed E-state index contributed by atoms with van der Waals surface area (Å²) in [6, 6.07) is 6.92.